The van der Waals surface area contributed by atoms with Gasteiger partial charge in [0.05, 0.1) is 11.9 Å². The maximum atomic E-state index is 11.7. The number of rotatable bonds is 2. The van der Waals surface area contributed by atoms with Crippen molar-refractivity contribution < 1.29 is 0 Å². The van der Waals surface area contributed by atoms with Gasteiger partial charge in [-0.1, -0.05) is 18.2 Å². The van der Waals surface area contributed by atoms with Gasteiger partial charge in [-0.2, -0.15) is 5.26 Å². The van der Waals surface area contributed by atoms with E-state index >= 15 is 0 Å². The van der Waals surface area contributed by atoms with Gasteiger partial charge in [0.2, 0.25) is 0 Å². The van der Waals surface area contributed by atoms with E-state index in [1.165, 1.54) is 6.20 Å². The Morgan fingerprint density at radius 3 is 2.47 bits per heavy atom. The second-order valence-electron chi connectivity index (χ2n) is 4.16. The van der Waals surface area contributed by atoms with E-state index in [-0.39, 0.29) is 5.56 Å². The van der Waals surface area contributed by atoms with Crippen LogP contribution in [0.2, 0.25) is 0 Å². The second kappa shape index (κ2) is 4.82. The van der Waals surface area contributed by atoms with Crippen molar-refractivity contribution in [1.82, 2.24) is 9.66 Å². The van der Waals surface area contributed by atoms with Gasteiger partial charge < -0.3 is 0 Å². The molecule has 0 aliphatic carbocycles. The number of anilines is 1. The van der Waals surface area contributed by atoms with Gasteiger partial charge in [-0.25, -0.2) is 9.47 Å². The molecule has 19 heavy (non-hydrogen) atoms. The molecule has 6 heteroatoms. The molecule has 0 saturated heterocycles. The molecule has 0 unspecified atom stereocenters. The molecule has 96 valence electrons. The van der Waals surface area contributed by atoms with Crippen molar-refractivity contribution in [3.63, 3.8) is 0 Å². The summed E-state index contributed by atoms with van der Waals surface area (Å²) in [6.07, 6.45) is 1.19. The summed E-state index contributed by atoms with van der Waals surface area (Å²) in [7, 11) is 0. The highest BCUT2D eigenvalue weighted by Gasteiger charge is 2.06. The molecule has 0 spiro atoms. The third-order valence-corrected chi connectivity index (χ3v) is 2.78. The van der Waals surface area contributed by atoms with E-state index in [0.717, 1.165) is 21.5 Å². The van der Waals surface area contributed by atoms with E-state index in [9.17, 15) is 9.59 Å². The van der Waals surface area contributed by atoms with E-state index in [0.29, 0.717) is 0 Å². The molecule has 0 bridgehead atoms. The van der Waals surface area contributed by atoms with E-state index in [2.05, 4.69) is 10.4 Å². The van der Waals surface area contributed by atoms with Crippen molar-refractivity contribution in [2.45, 2.75) is 13.8 Å². The molecule has 0 aliphatic rings. The Morgan fingerprint density at radius 1 is 1.26 bits per heavy atom. The highest BCUT2D eigenvalue weighted by Crippen LogP contribution is 2.18. The number of hydrogen-bond acceptors (Lipinski definition) is 4. The molecule has 0 aliphatic heterocycles. The first kappa shape index (κ1) is 12.6. The standard InChI is InChI=1S/C13H12N4O2/c1-8-4-3-5-9(2)11(8)16-17-7-10(6-14)12(18)15-13(17)19/h3-5,7,16H,1-2H3,(H,15,18,19). The lowest BCUT2D eigenvalue weighted by Crippen LogP contribution is -2.34. The van der Waals surface area contributed by atoms with Crippen molar-refractivity contribution >= 4 is 5.69 Å². The molecule has 6 nitrogen and oxygen atoms in total. The molecule has 0 atom stereocenters. The molecule has 0 amide bonds. The quantitative estimate of drug-likeness (QED) is 0.835. The van der Waals surface area contributed by atoms with E-state index in [4.69, 9.17) is 5.26 Å². The average Bonchev–Trinajstić information content (AvgIpc) is 2.36. The van der Waals surface area contributed by atoms with Crippen molar-refractivity contribution in [2.24, 2.45) is 0 Å². The normalized spacial score (nSPS) is 9.95. The minimum absolute atomic E-state index is 0.127. The topological polar surface area (TPSA) is 90.7 Å². The summed E-state index contributed by atoms with van der Waals surface area (Å²) in [6, 6.07) is 7.44. The Labute approximate surface area is 108 Å². The van der Waals surface area contributed by atoms with Crippen LogP contribution in [0.1, 0.15) is 16.7 Å². The minimum Gasteiger partial charge on any atom is -0.290 e. The molecule has 1 aromatic heterocycles. The first-order valence-corrected chi connectivity index (χ1v) is 5.62. The molecule has 2 aromatic rings. The highest BCUT2D eigenvalue weighted by atomic mass is 16.2. The Bertz CT molecular complexity index is 760. The van der Waals surface area contributed by atoms with Crippen LogP contribution in [0.15, 0.2) is 34.0 Å². The lowest BCUT2D eigenvalue weighted by atomic mass is 10.1. The summed E-state index contributed by atoms with van der Waals surface area (Å²) in [5.74, 6) is 0. The number of aryl methyl sites for hydroxylation is 2. The number of nitriles is 1. The monoisotopic (exact) mass is 256 g/mol. The van der Waals surface area contributed by atoms with Crippen LogP contribution >= 0.6 is 0 Å². The maximum absolute atomic E-state index is 11.7. The summed E-state index contributed by atoms with van der Waals surface area (Å²) in [5, 5.41) is 8.80. The van der Waals surface area contributed by atoms with Crippen molar-refractivity contribution in [2.75, 3.05) is 5.43 Å². The van der Waals surface area contributed by atoms with Gasteiger partial charge in [0.15, 0.2) is 0 Å². The number of hydrogen-bond donors (Lipinski definition) is 2. The van der Waals surface area contributed by atoms with Gasteiger partial charge >= 0.3 is 5.69 Å². The van der Waals surface area contributed by atoms with Crippen molar-refractivity contribution in [3.05, 3.63) is 61.9 Å². The third-order valence-electron chi connectivity index (χ3n) is 2.78. The van der Waals surface area contributed by atoms with Crippen LogP contribution in [0.5, 0.6) is 0 Å². The van der Waals surface area contributed by atoms with E-state index in [1.54, 1.807) is 6.07 Å². The zero-order valence-corrected chi connectivity index (χ0v) is 10.5. The molecule has 2 rings (SSSR count). The largest absolute Gasteiger partial charge is 0.347 e. The Hall–Kier alpha value is -2.81. The smallest absolute Gasteiger partial charge is 0.290 e. The van der Waals surface area contributed by atoms with Gasteiger partial charge in [-0.15, -0.1) is 0 Å². The van der Waals surface area contributed by atoms with Gasteiger partial charge in [-0.3, -0.25) is 15.2 Å². The fraction of sp³-hybridized carbons (Fsp3) is 0.154. The Kier molecular flexibility index (Phi) is 3.21. The predicted molar refractivity (Wildman–Crippen MR) is 71.0 cm³/mol. The van der Waals surface area contributed by atoms with Crippen molar-refractivity contribution in [3.8, 4) is 6.07 Å². The summed E-state index contributed by atoms with van der Waals surface area (Å²) in [5.41, 5.74) is 4.14. The SMILES string of the molecule is Cc1cccc(C)c1Nn1cc(C#N)c(=O)[nH]c1=O. The fourth-order valence-electron chi connectivity index (χ4n) is 1.74. The third kappa shape index (κ3) is 2.40. The van der Waals surface area contributed by atoms with Crippen LogP contribution < -0.4 is 16.7 Å². The van der Waals surface area contributed by atoms with E-state index in [1.807, 2.05) is 32.0 Å². The average molecular weight is 256 g/mol. The summed E-state index contributed by atoms with van der Waals surface area (Å²) in [6.45, 7) is 3.80. The maximum Gasteiger partial charge on any atom is 0.347 e. The number of aromatic amines is 1. The first-order chi connectivity index (χ1) is 9.02. The zero-order valence-electron chi connectivity index (χ0n) is 10.5. The number of para-hydroxylation sites is 1. The number of benzene rings is 1. The number of nitrogens with one attached hydrogen (secondary N) is 2. The summed E-state index contributed by atoms with van der Waals surface area (Å²) >= 11 is 0. The lowest BCUT2D eigenvalue weighted by molar-refractivity contribution is 0.823. The fourth-order valence-corrected chi connectivity index (χ4v) is 1.74. The van der Waals surface area contributed by atoms with Crippen LogP contribution in [0.4, 0.5) is 5.69 Å². The molecule has 0 saturated carbocycles. The van der Waals surface area contributed by atoms with Crippen LogP contribution in [-0.2, 0) is 0 Å². The van der Waals surface area contributed by atoms with Gasteiger partial charge in [0.25, 0.3) is 5.56 Å². The van der Waals surface area contributed by atoms with E-state index < -0.39 is 11.2 Å². The number of nitrogens with zero attached hydrogens (tertiary/aromatic N) is 2. The molecular weight excluding hydrogens is 244 g/mol. The van der Waals surface area contributed by atoms with Crippen LogP contribution in [-0.4, -0.2) is 9.66 Å². The summed E-state index contributed by atoms with van der Waals surface area (Å²) in [4.78, 5) is 25.0. The molecule has 0 fully saturated rings. The Morgan fingerprint density at radius 2 is 1.89 bits per heavy atom. The summed E-state index contributed by atoms with van der Waals surface area (Å²) < 4.78 is 1.09. The molecule has 1 aromatic carbocycles. The van der Waals surface area contributed by atoms with Crippen LogP contribution in [0.3, 0.4) is 0 Å². The molecular formula is C13H12N4O2. The number of aromatic nitrogens is 2. The lowest BCUT2D eigenvalue weighted by Gasteiger charge is -2.13. The number of H-pyrrole nitrogens is 1. The van der Waals surface area contributed by atoms with Gasteiger partial charge in [0.1, 0.15) is 11.6 Å². The van der Waals surface area contributed by atoms with Gasteiger partial charge in [-0.05, 0) is 25.0 Å². The zero-order chi connectivity index (χ0) is 14.0. The van der Waals surface area contributed by atoms with Gasteiger partial charge in [0, 0.05) is 0 Å². The van der Waals surface area contributed by atoms with Crippen molar-refractivity contribution in [1.29, 1.82) is 5.26 Å². The predicted octanol–water partition coefficient (Wildman–Crippen LogP) is 0.900. The first-order valence-electron chi connectivity index (χ1n) is 5.62. The highest BCUT2D eigenvalue weighted by molar-refractivity contribution is 5.56. The second-order valence-corrected chi connectivity index (χ2v) is 4.16. The molecule has 2 N–H and O–H groups in total. The minimum atomic E-state index is -0.688. The molecule has 0 radical (unpaired) electrons. The van der Waals surface area contributed by atoms with Crippen LogP contribution in [0.25, 0.3) is 0 Å². The van der Waals surface area contributed by atoms with Crippen LogP contribution in [0, 0.1) is 25.2 Å². The Balaban J connectivity index is 2.54. The molecule has 1 heterocycles.